The maximum absolute atomic E-state index is 12.9. The molecule has 154 valence electrons. The third-order valence-corrected chi connectivity index (χ3v) is 5.40. The maximum atomic E-state index is 12.9. The average Bonchev–Trinajstić information content (AvgIpc) is 3.38. The molecule has 5 heterocycles. The van der Waals surface area contributed by atoms with Gasteiger partial charge in [0.2, 0.25) is 5.95 Å². The van der Waals surface area contributed by atoms with Gasteiger partial charge in [-0.3, -0.25) is 4.79 Å². The molecule has 0 spiro atoms. The van der Waals surface area contributed by atoms with Gasteiger partial charge in [-0.15, -0.1) is 0 Å². The predicted octanol–water partition coefficient (Wildman–Crippen LogP) is 2.61. The topological polar surface area (TPSA) is 109 Å². The van der Waals surface area contributed by atoms with E-state index in [1.807, 2.05) is 37.6 Å². The van der Waals surface area contributed by atoms with Gasteiger partial charge in [-0.2, -0.15) is 10.1 Å². The Kier molecular flexibility index (Phi) is 4.80. The van der Waals surface area contributed by atoms with Gasteiger partial charge in [0.15, 0.2) is 0 Å². The monoisotopic (exact) mass is 405 g/mol. The molecule has 30 heavy (non-hydrogen) atoms. The van der Waals surface area contributed by atoms with Crippen molar-refractivity contribution in [2.24, 2.45) is 0 Å². The zero-order chi connectivity index (χ0) is 20.5. The number of pyridine rings is 1. The Morgan fingerprint density at radius 2 is 2.20 bits per heavy atom. The molecule has 4 aromatic rings. The van der Waals surface area contributed by atoms with E-state index in [9.17, 15) is 4.79 Å². The number of hydrogen-bond acceptors (Lipinski definition) is 6. The molecule has 0 radical (unpaired) electrons. The molecule has 5 rings (SSSR count). The largest absolute Gasteiger partial charge is 0.381 e. The number of nitrogens with zero attached hydrogens (tertiary/aromatic N) is 4. The van der Waals surface area contributed by atoms with Crippen LogP contribution in [0, 0.1) is 0 Å². The molecule has 9 nitrogen and oxygen atoms in total. The van der Waals surface area contributed by atoms with E-state index in [0.717, 1.165) is 47.1 Å². The van der Waals surface area contributed by atoms with Crippen molar-refractivity contribution in [3.05, 3.63) is 42.5 Å². The first-order valence-electron chi connectivity index (χ1n) is 10.2. The van der Waals surface area contributed by atoms with Gasteiger partial charge in [-0.05, 0) is 37.5 Å². The van der Waals surface area contributed by atoms with Crippen LogP contribution in [0.15, 0.2) is 36.9 Å². The lowest BCUT2D eigenvalue weighted by atomic mass is 10.1. The summed E-state index contributed by atoms with van der Waals surface area (Å²) < 4.78 is 7.09. The van der Waals surface area contributed by atoms with E-state index in [0.29, 0.717) is 24.7 Å². The SMILES string of the molecule is CCNc1ncc2c(-c3ccn4ncc(C(=O)NC5CCOCC5)c4c3)c[nH]c2n1. The summed E-state index contributed by atoms with van der Waals surface area (Å²) in [6.45, 7) is 4.13. The van der Waals surface area contributed by atoms with Crippen molar-refractivity contribution in [1.29, 1.82) is 0 Å². The highest BCUT2D eigenvalue weighted by Crippen LogP contribution is 2.29. The molecule has 1 aliphatic heterocycles. The van der Waals surface area contributed by atoms with E-state index in [1.54, 1.807) is 10.7 Å². The summed E-state index contributed by atoms with van der Waals surface area (Å²) in [5.41, 5.74) is 4.04. The average molecular weight is 405 g/mol. The number of rotatable bonds is 5. The van der Waals surface area contributed by atoms with Gasteiger partial charge in [0.05, 0.1) is 17.3 Å². The van der Waals surface area contributed by atoms with Crippen LogP contribution in [-0.4, -0.2) is 56.3 Å². The van der Waals surface area contributed by atoms with Crippen LogP contribution in [0.2, 0.25) is 0 Å². The Labute approximate surface area is 172 Å². The van der Waals surface area contributed by atoms with Crippen molar-refractivity contribution in [1.82, 2.24) is 29.9 Å². The lowest BCUT2D eigenvalue weighted by molar-refractivity contribution is 0.0697. The second-order valence-corrected chi connectivity index (χ2v) is 7.35. The van der Waals surface area contributed by atoms with Gasteiger partial charge in [0.1, 0.15) is 5.65 Å². The molecular formula is C21H23N7O2. The number of nitrogens with one attached hydrogen (secondary N) is 3. The third-order valence-electron chi connectivity index (χ3n) is 5.40. The minimum absolute atomic E-state index is 0.105. The van der Waals surface area contributed by atoms with Crippen LogP contribution in [0.4, 0.5) is 5.95 Å². The Hall–Kier alpha value is -3.46. The van der Waals surface area contributed by atoms with Gasteiger partial charge >= 0.3 is 0 Å². The minimum Gasteiger partial charge on any atom is -0.381 e. The highest BCUT2D eigenvalue weighted by molar-refractivity contribution is 6.02. The first-order chi connectivity index (χ1) is 14.7. The van der Waals surface area contributed by atoms with Crippen molar-refractivity contribution in [2.75, 3.05) is 25.1 Å². The fourth-order valence-corrected chi connectivity index (χ4v) is 3.82. The van der Waals surface area contributed by atoms with E-state index in [4.69, 9.17) is 4.74 Å². The Bertz CT molecular complexity index is 1210. The number of hydrogen-bond donors (Lipinski definition) is 3. The van der Waals surface area contributed by atoms with Crippen molar-refractivity contribution in [3.63, 3.8) is 0 Å². The van der Waals surface area contributed by atoms with E-state index in [2.05, 4.69) is 30.7 Å². The van der Waals surface area contributed by atoms with Gasteiger partial charge < -0.3 is 20.4 Å². The van der Waals surface area contributed by atoms with Crippen molar-refractivity contribution >= 4 is 28.4 Å². The molecule has 0 atom stereocenters. The molecule has 4 aromatic heterocycles. The summed E-state index contributed by atoms with van der Waals surface area (Å²) in [7, 11) is 0. The number of aromatic amines is 1. The van der Waals surface area contributed by atoms with Crippen LogP contribution in [0.3, 0.4) is 0 Å². The van der Waals surface area contributed by atoms with Crippen LogP contribution in [0.25, 0.3) is 27.7 Å². The molecule has 1 aliphatic rings. The molecule has 9 heteroatoms. The summed E-state index contributed by atoms with van der Waals surface area (Å²) in [5, 5.41) is 11.5. The molecule has 1 saturated heterocycles. The number of H-pyrrole nitrogens is 1. The molecule has 0 bridgehead atoms. The lowest BCUT2D eigenvalue weighted by Gasteiger charge is -2.22. The smallest absolute Gasteiger partial charge is 0.255 e. The molecule has 1 fully saturated rings. The summed E-state index contributed by atoms with van der Waals surface area (Å²) in [5.74, 6) is 0.489. The quantitative estimate of drug-likeness (QED) is 0.471. The second kappa shape index (κ2) is 7.75. The normalized spacial score (nSPS) is 15.0. The zero-order valence-electron chi connectivity index (χ0n) is 16.7. The fourth-order valence-electron chi connectivity index (χ4n) is 3.82. The Morgan fingerprint density at radius 1 is 1.33 bits per heavy atom. The number of ether oxygens (including phenoxy) is 1. The Morgan fingerprint density at radius 3 is 3.03 bits per heavy atom. The summed E-state index contributed by atoms with van der Waals surface area (Å²) >= 11 is 0. The van der Waals surface area contributed by atoms with Gasteiger partial charge in [-0.25, -0.2) is 9.50 Å². The van der Waals surface area contributed by atoms with E-state index < -0.39 is 0 Å². The fraction of sp³-hybridized carbons (Fsp3) is 0.333. The summed E-state index contributed by atoms with van der Waals surface area (Å²) in [6, 6.07) is 4.09. The molecular weight excluding hydrogens is 382 g/mol. The van der Waals surface area contributed by atoms with E-state index in [1.165, 1.54) is 0 Å². The minimum atomic E-state index is -0.105. The van der Waals surface area contributed by atoms with E-state index >= 15 is 0 Å². The van der Waals surface area contributed by atoms with Crippen LogP contribution in [0.1, 0.15) is 30.1 Å². The van der Waals surface area contributed by atoms with Crippen molar-refractivity contribution in [2.45, 2.75) is 25.8 Å². The number of anilines is 1. The van der Waals surface area contributed by atoms with Crippen LogP contribution in [0.5, 0.6) is 0 Å². The molecule has 3 N–H and O–H groups in total. The van der Waals surface area contributed by atoms with Gasteiger partial charge in [-0.1, -0.05) is 0 Å². The summed E-state index contributed by atoms with van der Waals surface area (Å²) in [6.07, 6.45) is 8.88. The number of aromatic nitrogens is 5. The first-order valence-corrected chi connectivity index (χ1v) is 10.2. The summed E-state index contributed by atoms with van der Waals surface area (Å²) in [4.78, 5) is 25.0. The first kappa shape index (κ1) is 18.6. The van der Waals surface area contributed by atoms with Crippen LogP contribution in [-0.2, 0) is 4.74 Å². The van der Waals surface area contributed by atoms with Crippen molar-refractivity contribution in [3.8, 4) is 11.1 Å². The predicted molar refractivity (Wildman–Crippen MR) is 114 cm³/mol. The third kappa shape index (κ3) is 3.37. The van der Waals surface area contributed by atoms with Gasteiger partial charge in [0, 0.05) is 55.3 Å². The standard InChI is InChI=1S/C21H23N7O2/c1-2-22-21-24-11-16-15(10-23-19(16)27-21)13-3-6-28-18(9-13)17(12-25-28)20(29)26-14-4-7-30-8-5-14/h3,6,9-12,14H,2,4-5,7-8H2,1H3,(H,26,29)(H2,22,23,24,27). The van der Waals surface area contributed by atoms with Gasteiger partial charge in [0.25, 0.3) is 5.91 Å². The molecule has 0 aliphatic carbocycles. The second-order valence-electron chi connectivity index (χ2n) is 7.35. The highest BCUT2D eigenvalue weighted by atomic mass is 16.5. The number of carbonyl (C=O) groups excluding carboxylic acids is 1. The maximum Gasteiger partial charge on any atom is 0.255 e. The molecule has 0 aromatic carbocycles. The molecule has 0 saturated carbocycles. The zero-order valence-corrected chi connectivity index (χ0v) is 16.7. The number of amides is 1. The number of fused-ring (bicyclic) bond motifs is 2. The highest BCUT2D eigenvalue weighted by Gasteiger charge is 2.20. The van der Waals surface area contributed by atoms with E-state index in [-0.39, 0.29) is 11.9 Å². The molecule has 1 amide bonds. The van der Waals surface area contributed by atoms with Crippen LogP contribution < -0.4 is 10.6 Å². The van der Waals surface area contributed by atoms with Crippen LogP contribution >= 0.6 is 0 Å². The number of carbonyl (C=O) groups is 1. The molecule has 0 unspecified atom stereocenters. The lowest BCUT2D eigenvalue weighted by Crippen LogP contribution is -2.38. The Balaban J connectivity index is 1.48. The van der Waals surface area contributed by atoms with Crippen molar-refractivity contribution < 1.29 is 9.53 Å².